The maximum Gasteiger partial charge on any atom is 0.205 e. The summed E-state index contributed by atoms with van der Waals surface area (Å²) in [5.41, 5.74) is -1.18. The Hall–Kier alpha value is -3.16. The van der Waals surface area contributed by atoms with Gasteiger partial charge in [0.25, 0.3) is 0 Å². The second kappa shape index (κ2) is 9.43. The number of rotatable bonds is 7. The van der Waals surface area contributed by atoms with Gasteiger partial charge >= 0.3 is 0 Å². The molecule has 7 nitrogen and oxygen atoms in total. The van der Waals surface area contributed by atoms with Gasteiger partial charge in [-0.15, -0.1) is 0 Å². The number of carbonyl (C=O) groups excluding carboxylic acids is 2. The van der Waals surface area contributed by atoms with Crippen molar-refractivity contribution >= 4 is 11.6 Å². The molecule has 1 saturated heterocycles. The summed E-state index contributed by atoms with van der Waals surface area (Å²) in [6.07, 6.45) is 8.41. The van der Waals surface area contributed by atoms with Crippen LogP contribution in [0.25, 0.3) is 0 Å². The normalized spacial score (nSPS) is 30.2. The average Bonchev–Trinajstić information content (AvgIpc) is 3.04. The summed E-state index contributed by atoms with van der Waals surface area (Å²) in [5.74, 6) is -1.41. The largest absolute Gasteiger partial charge is 0.507 e. The summed E-state index contributed by atoms with van der Waals surface area (Å²) in [6.45, 7) is 15.5. The van der Waals surface area contributed by atoms with Crippen LogP contribution in [-0.2, 0) is 27.1 Å². The van der Waals surface area contributed by atoms with Crippen molar-refractivity contribution < 1.29 is 34.0 Å². The third-order valence-corrected chi connectivity index (χ3v) is 9.32. The number of allylic oxidation sites excluding steroid dienone is 5. The van der Waals surface area contributed by atoms with Crippen LogP contribution >= 0.6 is 0 Å². The number of ether oxygens (including phenoxy) is 3. The van der Waals surface area contributed by atoms with Crippen LogP contribution in [0, 0.1) is 5.92 Å². The molecule has 1 aromatic carbocycles. The van der Waals surface area contributed by atoms with Gasteiger partial charge in [0.15, 0.2) is 17.0 Å². The van der Waals surface area contributed by atoms with Crippen molar-refractivity contribution in [2.75, 3.05) is 7.11 Å². The minimum absolute atomic E-state index is 0.00908. The lowest BCUT2D eigenvalue weighted by Gasteiger charge is -2.59. The van der Waals surface area contributed by atoms with E-state index in [0.717, 1.165) is 16.7 Å². The molecule has 0 aromatic heterocycles. The van der Waals surface area contributed by atoms with E-state index in [4.69, 9.17) is 14.2 Å². The second-order valence-electron chi connectivity index (χ2n) is 13.3. The van der Waals surface area contributed by atoms with E-state index >= 15 is 0 Å². The standard InChI is InChI=1S/C34H42O7/c1-18(2)10-12-21-26(35)22(13-11-19(3)4)29-25(27(21)36)28(37)23-16-32(39-9)17-24-31(7,8)41-33(30(32)38,15-14-20(5)6)34(23,24)40-29/h10-11,14,16,24,35-36H,12-13,15,17H2,1-9H3/t24?,32-,33-,34+/m1/s1. The fraction of sp³-hybridized carbons (Fsp3) is 0.529. The molecule has 2 N–H and O–H groups in total. The molecule has 0 amide bonds. The van der Waals surface area contributed by atoms with Gasteiger partial charge in [-0.25, -0.2) is 0 Å². The molecule has 41 heavy (non-hydrogen) atoms. The van der Waals surface area contributed by atoms with Crippen LogP contribution in [0.5, 0.6) is 17.2 Å². The number of ketones is 2. The molecule has 6 rings (SSSR count). The van der Waals surface area contributed by atoms with Gasteiger partial charge in [0, 0.05) is 36.1 Å². The third kappa shape index (κ3) is 3.85. The molecule has 1 saturated carbocycles. The van der Waals surface area contributed by atoms with Gasteiger partial charge in [0.05, 0.1) is 5.60 Å². The Bertz CT molecular complexity index is 1480. The number of Topliss-reactive ketones (excluding diaryl/α,β-unsaturated/α-hetero) is 2. The number of benzene rings is 1. The molecule has 3 aliphatic carbocycles. The summed E-state index contributed by atoms with van der Waals surface area (Å²) in [7, 11) is 1.49. The monoisotopic (exact) mass is 562 g/mol. The maximum absolute atomic E-state index is 14.7. The third-order valence-electron chi connectivity index (χ3n) is 9.32. The van der Waals surface area contributed by atoms with E-state index in [9.17, 15) is 19.8 Å². The fourth-order valence-corrected chi connectivity index (χ4v) is 7.32. The zero-order chi connectivity index (χ0) is 30.3. The van der Waals surface area contributed by atoms with E-state index in [1.165, 1.54) is 7.11 Å². The Kier molecular flexibility index (Phi) is 6.75. The minimum atomic E-state index is -1.54. The summed E-state index contributed by atoms with van der Waals surface area (Å²) in [5, 5.41) is 23.1. The van der Waals surface area contributed by atoms with Crippen molar-refractivity contribution in [2.45, 2.75) is 103 Å². The van der Waals surface area contributed by atoms with Gasteiger partial charge in [0.2, 0.25) is 5.78 Å². The molecule has 1 aromatic rings. The van der Waals surface area contributed by atoms with Crippen molar-refractivity contribution in [1.82, 2.24) is 0 Å². The lowest BCUT2D eigenvalue weighted by atomic mass is 9.49. The smallest absolute Gasteiger partial charge is 0.205 e. The number of fused-ring (bicyclic) bond motifs is 1. The Balaban J connectivity index is 1.87. The van der Waals surface area contributed by atoms with Crippen molar-refractivity contribution in [1.29, 1.82) is 0 Å². The van der Waals surface area contributed by atoms with Crippen LogP contribution in [-0.4, -0.2) is 51.3 Å². The number of methoxy groups -OCH3 is 1. The van der Waals surface area contributed by atoms with E-state index in [0.29, 0.717) is 5.56 Å². The Morgan fingerprint density at radius 2 is 1.54 bits per heavy atom. The van der Waals surface area contributed by atoms with Crippen molar-refractivity contribution in [3.05, 3.63) is 63.3 Å². The number of hydrogen-bond donors (Lipinski definition) is 2. The quantitative estimate of drug-likeness (QED) is 0.379. The molecule has 220 valence electrons. The topological polar surface area (TPSA) is 102 Å². The second-order valence-corrected chi connectivity index (χ2v) is 13.3. The highest BCUT2D eigenvalue weighted by atomic mass is 16.6. The summed E-state index contributed by atoms with van der Waals surface area (Å²) in [4.78, 5) is 29.2. The van der Waals surface area contributed by atoms with Gasteiger partial charge in [-0.1, -0.05) is 34.9 Å². The van der Waals surface area contributed by atoms with Crippen LogP contribution in [0.1, 0.15) is 89.7 Å². The SMILES string of the molecule is CO[C@]12C=C3C(=O)c4c(O)c(CC=C(C)C)c(O)c(CC=C(C)C)c4O[C@]34C(C1)C(C)(C)O[C@]4(CC=C(C)C)C2=O. The van der Waals surface area contributed by atoms with Crippen LogP contribution in [0.15, 0.2) is 46.6 Å². The highest BCUT2D eigenvalue weighted by Gasteiger charge is 2.84. The zero-order valence-electron chi connectivity index (χ0n) is 25.7. The van der Waals surface area contributed by atoms with Crippen molar-refractivity contribution in [3.8, 4) is 17.2 Å². The van der Waals surface area contributed by atoms with Crippen molar-refractivity contribution in [2.24, 2.45) is 5.92 Å². The molecule has 1 spiro atoms. The first kappa shape index (κ1) is 29.3. The highest BCUT2D eigenvalue weighted by molar-refractivity contribution is 6.19. The molecule has 1 unspecified atom stereocenters. The van der Waals surface area contributed by atoms with Crippen LogP contribution in [0.3, 0.4) is 0 Å². The number of phenols is 2. The van der Waals surface area contributed by atoms with E-state index in [1.807, 2.05) is 73.6 Å². The molecule has 2 fully saturated rings. The molecule has 2 heterocycles. The Labute approximate surface area is 242 Å². The molecule has 0 radical (unpaired) electrons. The van der Waals surface area contributed by atoms with E-state index < -0.39 is 34.1 Å². The molecule has 4 bridgehead atoms. The van der Waals surface area contributed by atoms with Crippen LogP contribution in [0.4, 0.5) is 0 Å². The molecular formula is C34H42O7. The Morgan fingerprint density at radius 3 is 2.10 bits per heavy atom. The number of phenolic OH excluding ortho intramolecular Hbond substituents is 2. The summed E-state index contributed by atoms with van der Waals surface area (Å²) < 4.78 is 19.7. The lowest BCUT2D eigenvalue weighted by Crippen LogP contribution is -2.77. The number of aromatic hydroxyl groups is 2. The fourth-order valence-electron chi connectivity index (χ4n) is 7.32. The number of hydrogen-bond acceptors (Lipinski definition) is 7. The highest BCUT2D eigenvalue weighted by Crippen LogP contribution is 2.69. The number of carbonyl (C=O) groups is 2. The first-order chi connectivity index (χ1) is 19.1. The molecule has 7 heteroatoms. The molecule has 4 atom stereocenters. The van der Waals surface area contributed by atoms with Crippen LogP contribution in [0.2, 0.25) is 0 Å². The summed E-state index contributed by atoms with van der Waals surface area (Å²) >= 11 is 0. The predicted molar refractivity (Wildman–Crippen MR) is 157 cm³/mol. The lowest BCUT2D eigenvalue weighted by molar-refractivity contribution is -0.189. The van der Waals surface area contributed by atoms with Gasteiger partial charge in [-0.05, 0) is 80.7 Å². The first-order valence-corrected chi connectivity index (χ1v) is 14.4. The van der Waals surface area contributed by atoms with Gasteiger partial charge in [-0.3, -0.25) is 9.59 Å². The minimum Gasteiger partial charge on any atom is -0.507 e. The van der Waals surface area contributed by atoms with Crippen LogP contribution < -0.4 is 4.74 Å². The van der Waals surface area contributed by atoms with Gasteiger partial charge < -0.3 is 24.4 Å². The zero-order valence-corrected chi connectivity index (χ0v) is 25.7. The van der Waals surface area contributed by atoms with E-state index in [-0.39, 0.29) is 65.4 Å². The molecular weight excluding hydrogens is 520 g/mol. The average molecular weight is 563 g/mol. The molecule has 5 aliphatic rings. The van der Waals surface area contributed by atoms with Crippen molar-refractivity contribution in [3.63, 3.8) is 0 Å². The van der Waals surface area contributed by atoms with E-state index in [1.54, 1.807) is 6.08 Å². The van der Waals surface area contributed by atoms with Gasteiger partial charge in [0.1, 0.15) is 28.4 Å². The first-order valence-electron chi connectivity index (χ1n) is 14.4. The van der Waals surface area contributed by atoms with Gasteiger partial charge in [-0.2, -0.15) is 0 Å². The van der Waals surface area contributed by atoms with E-state index in [2.05, 4.69) is 0 Å². The Morgan fingerprint density at radius 1 is 0.951 bits per heavy atom. The summed E-state index contributed by atoms with van der Waals surface area (Å²) in [6, 6.07) is 0. The molecule has 2 aliphatic heterocycles. The predicted octanol–water partition coefficient (Wildman–Crippen LogP) is 6.25. The maximum atomic E-state index is 14.7.